The van der Waals surface area contributed by atoms with Gasteiger partial charge in [-0.2, -0.15) is 0 Å². The highest BCUT2D eigenvalue weighted by Gasteiger charge is 2.06. The maximum atomic E-state index is 13.5. The van der Waals surface area contributed by atoms with Gasteiger partial charge in [-0.15, -0.1) is 0 Å². The van der Waals surface area contributed by atoms with E-state index in [2.05, 4.69) is 5.32 Å². The Morgan fingerprint density at radius 3 is 2.60 bits per heavy atom. The van der Waals surface area contributed by atoms with E-state index >= 15 is 0 Å². The van der Waals surface area contributed by atoms with Gasteiger partial charge in [0.15, 0.2) is 11.6 Å². The third-order valence-electron chi connectivity index (χ3n) is 2.91. The lowest BCUT2D eigenvalue weighted by Gasteiger charge is -2.06. The van der Waals surface area contributed by atoms with Crippen molar-refractivity contribution in [2.45, 2.75) is 12.8 Å². The molecule has 104 valence electrons. The van der Waals surface area contributed by atoms with E-state index in [0.717, 1.165) is 11.3 Å². The monoisotopic (exact) mass is 273 g/mol. The van der Waals surface area contributed by atoms with E-state index in [1.165, 1.54) is 13.2 Å². The second-order valence-electron chi connectivity index (χ2n) is 4.38. The van der Waals surface area contributed by atoms with Crippen LogP contribution in [0.1, 0.15) is 12.0 Å². The third kappa shape index (κ3) is 3.82. The molecule has 0 aromatic heterocycles. The molecule has 2 rings (SSSR count). The minimum atomic E-state index is -0.409. The van der Waals surface area contributed by atoms with Crippen LogP contribution in [0.4, 0.5) is 10.1 Å². The van der Waals surface area contributed by atoms with Gasteiger partial charge >= 0.3 is 0 Å². The summed E-state index contributed by atoms with van der Waals surface area (Å²) in [6.45, 7) is 0. The molecule has 0 spiro atoms. The zero-order valence-electron chi connectivity index (χ0n) is 11.2. The summed E-state index contributed by atoms with van der Waals surface area (Å²) < 4.78 is 18.3. The van der Waals surface area contributed by atoms with Crippen molar-refractivity contribution in [1.82, 2.24) is 0 Å². The fourth-order valence-electron chi connectivity index (χ4n) is 1.87. The standard InChI is InChI=1S/C16H16FNO2/c1-20-15-9-7-12(11-14(15)17)8-10-16(19)18-13-5-3-2-4-6-13/h2-7,9,11H,8,10H2,1H3,(H,18,19). The lowest BCUT2D eigenvalue weighted by Crippen LogP contribution is -2.12. The number of para-hydroxylation sites is 1. The summed E-state index contributed by atoms with van der Waals surface area (Å²) in [7, 11) is 1.42. The van der Waals surface area contributed by atoms with Gasteiger partial charge in [-0.05, 0) is 36.2 Å². The quantitative estimate of drug-likeness (QED) is 0.906. The number of methoxy groups -OCH3 is 1. The number of ether oxygens (including phenoxy) is 1. The average molecular weight is 273 g/mol. The van der Waals surface area contributed by atoms with Crippen LogP contribution in [0.15, 0.2) is 48.5 Å². The van der Waals surface area contributed by atoms with E-state index in [9.17, 15) is 9.18 Å². The van der Waals surface area contributed by atoms with Crippen molar-refractivity contribution < 1.29 is 13.9 Å². The summed E-state index contributed by atoms with van der Waals surface area (Å²) >= 11 is 0. The lowest BCUT2D eigenvalue weighted by molar-refractivity contribution is -0.116. The van der Waals surface area contributed by atoms with E-state index in [1.807, 2.05) is 30.3 Å². The Balaban J connectivity index is 1.89. The molecule has 0 aliphatic heterocycles. The molecule has 2 aromatic carbocycles. The summed E-state index contributed by atoms with van der Waals surface area (Å²) in [6, 6.07) is 14.0. The number of nitrogens with one attached hydrogen (secondary N) is 1. The number of halogens is 1. The Bertz CT molecular complexity index is 584. The fourth-order valence-corrected chi connectivity index (χ4v) is 1.87. The van der Waals surface area contributed by atoms with Crippen molar-refractivity contribution in [2.24, 2.45) is 0 Å². The van der Waals surface area contributed by atoms with Gasteiger partial charge < -0.3 is 10.1 Å². The van der Waals surface area contributed by atoms with Gasteiger partial charge in [-0.25, -0.2) is 4.39 Å². The first kappa shape index (κ1) is 14.1. The van der Waals surface area contributed by atoms with Crippen LogP contribution in [-0.4, -0.2) is 13.0 Å². The molecule has 0 fully saturated rings. The molecular weight excluding hydrogens is 257 g/mol. The molecule has 0 saturated carbocycles. The lowest BCUT2D eigenvalue weighted by atomic mass is 10.1. The summed E-state index contributed by atoms with van der Waals surface area (Å²) in [6.07, 6.45) is 0.792. The Hall–Kier alpha value is -2.36. The summed E-state index contributed by atoms with van der Waals surface area (Å²) in [4.78, 5) is 11.8. The van der Waals surface area contributed by atoms with E-state index in [-0.39, 0.29) is 11.7 Å². The first-order valence-corrected chi connectivity index (χ1v) is 6.36. The SMILES string of the molecule is COc1ccc(CCC(=O)Nc2ccccc2)cc1F. The molecule has 0 atom stereocenters. The first-order chi connectivity index (χ1) is 9.69. The summed E-state index contributed by atoms with van der Waals surface area (Å²) in [5, 5.41) is 2.79. The predicted molar refractivity (Wildman–Crippen MR) is 76.3 cm³/mol. The highest BCUT2D eigenvalue weighted by Crippen LogP contribution is 2.18. The van der Waals surface area contributed by atoms with Crippen LogP contribution in [-0.2, 0) is 11.2 Å². The fraction of sp³-hybridized carbons (Fsp3) is 0.188. The largest absolute Gasteiger partial charge is 0.494 e. The van der Waals surface area contributed by atoms with Gasteiger partial charge in [0, 0.05) is 12.1 Å². The van der Waals surface area contributed by atoms with Crippen LogP contribution in [0, 0.1) is 5.82 Å². The van der Waals surface area contributed by atoms with Gasteiger partial charge in [0.05, 0.1) is 7.11 Å². The van der Waals surface area contributed by atoms with Crippen molar-refractivity contribution in [2.75, 3.05) is 12.4 Å². The Morgan fingerprint density at radius 2 is 1.95 bits per heavy atom. The Labute approximate surface area is 117 Å². The van der Waals surface area contributed by atoms with Crippen LogP contribution in [0.3, 0.4) is 0 Å². The number of aryl methyl sites for hydroxylation is 1. The van der Waals surface area contributed by atoms with Crippen molar-refractivity contribution in [3.8, 4) is 5.75 Å². The van der Waals surface area contributed by atoms with Crippen molar-refractivity contribution in [3.63, 3.8) is 0 Å². The van der Waals surface area contributed by atoms with Crippen LogP contribution in [0.5, 0.6) is 5.75 Å². The van der Waals surface area contributed by atoms with E-state index in [4.69, 9.17) is 4.74 Å². The summed E-state index contributed by atoms with van der Waals surface area (Å²) in [5.74, 6) is -0.289. The van der Waals surface area contributed by atoms with Crippen LogP contribution >= 0.6 is 0 Å². The predicted octanol–water partition coefficient (Wildman–Crippen LogP) is 3.41. The Kier molecular flexibility index (Phi) is 4.71. The second kappa shape index (κ2) is 6.70. The number of anilines is 1. The molecule has 0 bridgehead atoms. The normalized spacial score (nSPS) is 10.1. The van der Waals surface area contributed by atoms with Crippen LogP contribution in [0.2, 0.25) is 0 Å². The van der Waals surface area contributed by atoms with Crippen LogP contribution < -0.4 is 10.1 Å². The number of hydrogen-bond donors (Lipinski definition) is 1. The maximum absolute atomic E-state index is 13.5. The van der Waals surface area contributed by atoms with E-state index in [1.54, 1.807) is 12.1 Å². The minimum absolute atomic E-state index is 0.0903. The van der Waals surface area contributed by atoms with E-state index < -0.39 is 5.82 Å². The van der Waals surface area contributed by atoms with Gasteiger partial charge in [-0.1, -0.05) is 24.3 Å². The average Bonchev–Trinajstić information content (AvgIpc) is 2.46. The zero-order chi connectivity index (χ0) is 14.4. The molecule has 3 nitrogen and oxygen atoms in total. The third-order valence-corrected chi connectivity index (χ3v) is 2.91. The minimum Gasteiger partial charge on any atom is -0.494 e. The molecule has 0 aliphatic carbocycles. The first-order valence-electron chi connectivity index (χ1n) is 6.36. The zero-order valence-corrected chi connectivity index (χ0v) is 11.2. The van der Waals surface area contributed by atoms with Gasteiger partial charge in [0.25, 0.3) is 0 Å². The number of carbonyl (C=O) groups is 1. The maximum Gasteiger partial charge on any atom is 0.224 e. The molecule has 1 amide bonds. The molecule has 20 heavy (non-hydrogen) atoms. The van der Waals surface area contributed by atoms with Crippen LogP contribution in [0.25, 0.3) is 0 Å². The molecule has 0 radical (unpaired) electrons. The molecule has 0 aliphatic rings. The topological polar surface area (TPSA) is 38.3 Å². The second-order valence-corrected chi connectivity index (χ2v) is 4.38. The van der Waals surface area contributed by atoms with Gasteiger partial charge in [0.2, 0.25) is 5.91 Å². The van der Waals surface area contributed by atoms with Crippen molar-refractivity contribution >= 4 is 11.6 Å². The molecular formula is C16H16FNO2. The smallest absolute Gasteiger partial charge is 0.224 e. The molecule has 2 aromatic rings. The van der Waals surface area contributed by atoms with Crippen molar-refractivity contribution in [3.05, 3.63) is 59.9 Å². The molecule has 1 N–H and O–H groups in total. The number of amides is 1. The number of benzene rings is 2. The number of hydrogen-bond acceptors (Lipinski definition) is 2. The molecule has 0 unspecified atom stereocenters. The van der Waals surface area contributed by atoms with Crippen molar-refractivity contribution in [1.29, 1.82) is 0 Å². The number of rotatable bonds is 5. The number of carbonyl (C=O) groups excluding carboxylic acids is 1. The highest BCUT2D eigenvalue weighted by molar-refractivity contribution is 5.90. The molecule has 0 heterocycles. The molecule has 4 heteroatoms. The van der Waals surface area contributed by atoms with Gasteiger partial charge in [0.1, 0.15) is 0 Å². The Morgan fingerprint density at radius 1 is 1.20 bits per heavy atom. The highest BCUT2D eigenvalue weighted by atomic mass is 19.1. The summed E-state index contributed by atoms with van der Waals surface area (Å²) in [5.41, 5.74) is 1.53. The van der Waals surface area contributed by atoms with E-state index in [0.29, 0.717) is 12.8 Å². The van der Waals surface area contributed by atoms with Gasteiger partial charge in [-0.3, -0.25) is 4.79 Å². The molecule has 0 saturated heterocycles.